The first kappa shape index (κ1) is 15.2. The number of rotatable bonds is 3. The molecule has 0 atom stereocenters. The number of hydrogen-bond acceptors (Lipinski definition) is 2. The monoisotopic (exact) mass is 351 g/mol. The molecule has 0 aliphatic heterocycles. The first-order valence-electron chi connectivity index (χ1n) is 5.99. The number of carbonyl (C=O) groups is 2. The third-order valence-electron chi connectivity index (χ3n) is 2.84. The molecule has 6 heteroatoms. The van der Waals surface area contributed by atoms with Crippen molar-refractivity contribution in [2.45, 2.75) is 6.92 Å². The van der Waals surface area contributed by atoms with Crippen molar-refractivity contribution in [2.75, 3.05) is 5.32 Å². The van der Waals surface area contributed by atoms with Crippen molar-refractivity contribution in [3.8, 4) is 0 Å². The van der Waals surface area contributed by atoms with Crippen LogP contribution in [0, 0.1) is 12.7 Å². The minimum atomic E-state index is -1.12. The number of carboxylic acids is 1. The van der Waals surface area contributed by atoms with Crippen LogP contribution in [0.2, 0.25) is 0 Å². The standard InChI is InChI=1S/C15H11BrFNO3/c1-8-3-2-4-12(13(8)17)14(19)18-11-6-9(15(20)21)5-10(16)7-11/h2-7H,1H3,(H,18,19)(H,20,21). The Bertz CT molecular complexity index is 731. The summed E-state index contributed by atoms with van der Waals surface area (Å²) in [5, 5.41) is 11.5. The summed E-state index contributed by atoms with van der Waals surface area (Å²) in [5.74, 6) is -2.34. The Hall–Kier alpha value is -2.21. The van der Waals surface area contributed by atoms with E-state index in [2.05, 4.69) is 21.2 Å². The number of aryl methyl sites for hydroxylation is 1. The van der Waals surface area contributed by atoms with E-state index >= 15 is 0 Å². The van der Waals surface area contributed by atoms with Crippen LogP contribution in [0.1, 0.15) is 26.3 Å². The SMILES string of the molecule is Cc1cccc(C(=O)Nc2cc(Br)cc(C(=O)O)c2)c1F. The lowest BCUT2D eigenvalue weighted by Gasteiger charge is -2.09. The zero-order chi connectivity index (χ0) is 15.6. The molecule has 21 heavy (non-hydrogen) atoms. The Kier molecular flexibility index (Phi) is 4.37. The van der Waals surface area contributed by atoms with Crippen LogP contribution < -0.4 is 5.32 Å². The van der Waals surface area contributed by atoms with Gasteiger partial charge in [0.05, 0.1) is 11.1 Å². The van der Waals surface area contributed by atoms with Crippen molar-refractivity contribution < 1.29 is 19.1 Å². The summed E-state index contributed by atoms with van der Waals surface area (Å²) in [7, 11) is 0. The van der Waals surface area contributed by atoms with Gasteiger partial charge in [-0.15, -0.1) is 0 Å². The Morgan fingerprint density at radius 3 is 2.62 bits per heavy atom. The molecule has 0 fully saturated rings. The number of halogens is 2. The van der Waals surface area contributed by atoms with E-state index in [4.69, 9.17) is 5.11 Å². The average Bonchev–Trinajstić information content (AvgIpc) is 2.41. The summed E-state index contributed by atoms with van der Waals surface area (Å²) in [6.45, 7) is 1.56. The van der Waals surface area contributed by atoms with Gasteiger partial charge in [0, 0.05) is 10.2 Å². The molecule has 0 spiro atoms. The van der Waals surface area contributed by atoms with Gasteiger partial charge in [-0.2, -0.15) is 0 Å². The number of aromatic carboxylic acids is 1. The Morgan fingerprint density at radius 1 is 1.24 bits per heavy atom. The fourth-order valence-corrected chi connectivity index (χ4v) is 2.30. The molecule has 0 saturated heterocycles. The molecule has 0 aliphatic carbocycles. The number of nitrogens with one attached hydrogen (secondary N) is 1. The van der Waals surface area contributed by atoms with Crippen molar-refractivity contribution in [1.29, 1.82) is 0 Å². The second-order valence-corrected chi connectivity index (χ2v) is 5.34. The number of amides is 1. The van der Waals surface area contributed by atoms with E-state index in [1.54, 1.807) is 19.1 Å². The third kappa shape index (κ3) is 3.46. The van der Waals surface area contributed by atoms with Gasteiger partial charge in [-0.3, -0.25) is 4.79 Å². The lowest BCUT2D eigenvalue weighted by molar-refractivity contribution is 0.0696. The predicted molar refractivity (Wildman–Crippen MR) is 80.2 cm³/mol. The molecule has 0 unspecified atom stereocenters. The summed E-state index contributed by atoms with van der Waals surface area (Å²) in [5.41, 5.74) is 0.562. The maximum absolute atomic E-state index is 13.9. The number of carbonyl (C=O) groups excluding carboxylic acids is 1. The van der Waals surface area contributed by atoms with Gasteiger partial charge in [0.15, 0.2) is 0 Å². The van der Waals surface area contributed by atoms with Crippen molar-refractivity contribution in [1.82, 2.24) is 0 Å². The molecule has 4 nitrogen and oxygen atoms in total. The molecule has 1 amide bonds. The molecule has 2 N–H and O–H groups in total. The van der Waals surface area contributed by atoms with E-state index in [1.165, 1.54) is 24.3 Å². The molecular formula is C15H11BrFNO3. The van der Waals surface area contributed by atoms with Gasteiger partial charge in [-0.25, -0.2) is 9.18 Å². The van der Waals surface area contributed by atoms with E-state index in [-0.39, 0.29) is 16.8 Å². The fourth-order valence-electron chi connectivity index (χ4n) is 1.81. The van der Waals surface area contributed by atoms with Gasteiger partial charge in [0.2, 0.25) is 0 Å². The fraction of sp³-hybridized carbons (Fsp3) is 0.0667. The maximum atomic E-state index is 13.9. The van der Waals surface area contributed by atoms with E-state index in [0.29, 0.717) is 10.0 Å². The van der Waals surface area contributed by atoms with Crippen molar-refractivity contribution in [3.63, 3.8) is 0 Å². The van der Waals surface area contributed by atoms with Crippen LogP contribution in [-0.2, 0) is 0 Å². The first-order valence-corrected chi connectivity index (χ1v) is 6.78. The molecule has 0 radical (unpaired) electrons. The second-order valence-electron chi connectivity index (χ2n) is 4.42. The molecule has 0 aromatic heterocycles. The van der Waals surface area contributed by atoms with Gasteiger partial charge >= 0.3 is 5.97 Å². The van der Waals surface area contributed by atoms with E-state index in [1.807, 2.05) is 0 Å². The van der Waals surface area contributed by atoms with Crippen LogP contribution in [0.4, 0.5) is 10.1 Å². The Morgan fingerprint density at radius 2 is 1.95 bits per heavy atom. The number of hydrogen-bond donors (Lipinski definition) is 2. The molecule has 108 valence electrons. The quantitative estimate of drug-likeness (QED) is 0.882. The summed E-state index contributed by atoms with van der Waals surface area (Å²) in [6, 6.07) is 8.76. The first-order chi connectivity index (χ1) is 9.88. The maximum Gasteiger partial charge on any atom is 0.335 e. The zero-order valence-corrected chi connectivity index (χ0v) is 12.6. The molecule has 0 aliphatic rings. The zero-order valence-electron chi connectivity index (χ0n) is 11.0. The van der Waals surface area contributed by atoms with Gasteiger partial charge in [0.25, 0.3) is 5.91 Å². The highest BCUT2D eigenvalue weighted by molar-refractivity contribution is 9.10. The number of carboxylic acid groups (broad SMARTS) is 1. The lowest BCUT2D eigenvalue weighted by atomic mass is 10.1. The minimum absolute atomic E-state index is 0.0180. The van der Waals surface area contributed by atoms with Gasteiger partial charge in [-0.05, 0) is 36.8 Å². The smallest absolute Gasteiger partial charge is 0.335 e. The number of benzene rings is 2. The molecule has 0 bridgehead atoms. The van der Waals surface area contributed by atoms with Crippen molar-refractivity contribution >= 4 is 33.5 Å². The average molecular weight is 352 g/mol. The summed E-state index contributed by atoms with van der Waals surface area (Å²) in [4.78, 5) is 23.0. The lowest BCUT2D eigenvalue weighted by Crippen LogP contribution is -2.14. The van der Waals surface area contributed by atoms with E-state index in [0.717, 1.165) is 0 Å². The summed E-state index contributed by atoms with van der Waals surface area (Å²) >= 11 is 3.16. The molecule has 2 aromatic rings. The van der Waals surface area contributed by atoms with Crippen LogP contribution in [0.3, 0.4) is 0 Å². The van der Waals surface area contributed by atoms with Crippen molar-refractivity contribution in [3.05, 3.63) is 63.4 Å². The van der Waals surface area contributed by atoms with Crippen LogP contribution in [0.15, 0.2) is 40.9 Å². The van der Waals surface area contributed by atoms with Crippen molar-refractivity contribution in [2.24, 2.45) is 0 Å². The highest BCUT2D eigenvalue weighted by Crippen LogP contribution is 2.21. The second kappa shape index (κ2) is 6.05. The summed E-state index contributed by atoms with van der Waals surface area (Å²) < 4.78 is 14.4. The number of anilines is 1. The Balaban J connectivity index is 2.31. The molecule has 2 rings (SSSR count). The van der Waals surface area contributed by atoms with E-state index < -0.39 is 17.7 Å². The molecular weight excluding hydrogens is 341 g/mol. The molecule has 0 heterocycles. The van der Waals surface area contributed by atoms with Crippen LogP contribution in [-0.4, -0.2) is 17.0 Å². The third-order valence-corrected chi connectivity index (χ3v) is 3.30. The normalized spacial score (nSPS) is 10.2. The highest BCUT2D eigenvalue weighted by atomic mass is 79.9. The van der Waals surface area contributed by atoms with Gasteiger partial charge < -0.3 is 10.4 Å². The van der Waals surface area contributed by atoms with Gasteiger partial charge in [0.1, 0.15) is 5.82 Å². The van der Waals surface area contributed by atoms with Crippen LogP contribution in [0.25, 0.3) is 0 Å². The molecule has 0 saturated carbocycles. The van der Waals surface area contributed by atoms with Gasteiger partial charge in [-0.1, -0.05) is 28.1 Å². The van der Waals surface area contributed by atoms with Crippen LogP contribution in [0.5, 0.6) is 0 Å². The topological polar surface area (TPSA) is 66.4 Å². The van der Waals surface area contributed by atoms with Crippen LogP contribution >= 0.6 is 15.9 Å². The predicted octanol–water partition coefficient (Wildman–Crippen LogP) is 3.85. The van der Waals surface area contributed by atoms with E-state index in [9.17, 15) is 14.0 Å². The largest absolute Gasteiger partial charge is 0.478 e. The summed E-state index contributed by atoms with van der Waals surface area (Å²) in [6.07, 6.45) is 0. The highest BCUT2D eigenvalue weighted by Gasteiger charge is 2.14. The Labute approximate surface area is 128 Å². The minimum Gasteiger partial charge on any atom is -0.478 e. The molecule has 2 aromatic carbocycles.